The van der Waals surface area contributed by atoms with E-state index >= 15 is 0 Å². The van der Waals surface area contributed by atoms with Gasteiger partial charge in [-0.05, 0) is 36.8 Å². The topological polar surface area (TPSA) is 114 Å². The quantitative estimate of drug-likeness (QED) is 0.425. The van der Waals surface area contributed by atoms with Gasteiger partial charge in [-0.1, -0.05) is 22.9 Å². The van der Waals surface area contributed by atoms with E-state index in [0.717, 1.165) is 16.9 Å². The Labute approximate surface area is 158 Å². The molecule has 0 radical (unpaired) electrons. The monoisotopic (exact) mass is 394 g/mol. The van der Waals surface area contributed by atoms with E-state index in [1.807, 2.05) is 6.92 Å². The maximum Gasteiger partial charge on any atom is 0.324 e. The molecule has 2 N–H and O–H groups in total. The van der Waals surface area contributed by atoms with Crippen LogP contribution in [-0.4, -0.2) is 23.0 Å². The summed E-state index contributed by atoms with van der Waals surface area (Å²) >= 11 is 6.80. The number of benzene rings is 1. The molecule has 2 rings (SSSR count). The second-order valence-electron chi connectivity index (χ2n) is 5.23. The minimum Gasteiger partial charge on any atom is -0.326 e. The fourth-order valence-corrected chi connectivity index (χ4v) is 2.86. The van der Waals surface area contributed by atoms with Gasteiger partial charge in [-0.2, -0.15) is 5.10 Å². The third-order valence-electron chi connectivity index (χ3n) is 3.22. The molecule has 8 nitrogen and oxygen atoms in total. The minimum atomic E-state index is -0.498. The van der Waals surface area contributed by atoms with Gasteiger partial charge in [0.05, 0.1) is 16.0 Å². The van der Waals surface area contributed by atoms with Gasteiger partial charge in [-0.15, -0.1) is 0 Å². The number of amides is 2. The molecule has 0 spiro atoms. The highest BCUT2D eigenvalue weighted by molar-refractivity contribution is 7.16. The summed E-state index contributed by atoms with van der Waals surface area (Å²) in [6, 6.07) is 7.98. The lowest BCUT2D eigenvalue weighted by Crippen LogP contribution is -2.20. The number of nitro groups is 1. The molecule has 1 heterocycles. The predicted molar refractivity (Wildman–Crippen MR) is 101 cm³/mol. The van der Waals surface area contributed by atoms with Crippen LogP contribution >= 0.6 is 22.9 Å². The number of hydrazone groups is 1. The number of carbonyl (C=O) groups excluding carboxylic acids is 2. The van der Waals surface area contributed by atoms with Gasteiger partial charge in [0.25, 0.3) is 0 Å². The average molecular weight is 395 g/mol. The number of rotatable bonds is 7. The molecule has 26 heavy (non-hydrogen) atoms. The lowest BCUT2D eigenvalue weighted by molar-refractivity contribution is -0.380. The van der Waals surface area contributed by atoms with E-state index in [1.54, 1.807) is 18.2 Å². The van der Waals surface area contributed by atoms with E-state index < -0.39 is 10.8 Å². The van der Waals surface area contributed by atoms with Gasteiger partial charge in [0.1, 0.15) is 0 Å². The zero-order valence-corrected chi connectivity index (χ0v) is 15.3. The highest BCUT2D eigenvalue weighted by atomic mass is 35.5. The van der Waals surface area contributed by atoms with Crippen molar-refractivity contribution in [1.29, 1.82) is 0 Å². The van der Waals surface area contributed by atoms with E-state index in [0.29, 0.717) is 15.6 Å². The Bertz CT molecular complexity index is 866. The number of anilines is 1. The van der Waals surface area contributed by atoms with E-state index in [1.165, 1.54) is 18.3 Å². The molecule has 2 aromatic rings. The molecule has 0 aliphatic heterocycles. The number of carbonyl (C=O) groups is 2. The molecular formula is C16H15ClN4O4S. The van der Waals surface area contributed by atoms with Gasteiger partial charge < -0.3 is 5.32 Å². The van der Waals surface area contributed by atoms with Crippen LogP contribution in [0, 0.1) is 17.0 Å². The molecule has 2 amide bonds. The molecule has 0 saturated heterocycles. The van der Waals surface area contributed by atoms with Crippen LogP contribution in [-0.2, 0) is 9.59 Å². The molecular weight excluding hydrogens is 380 g/mol. The molecule has 136 valence electrons. The van der Waals surface area contributed by atoms with Gasteiger partial charge in [0.15, 0.2) is 0 Å². The van der Waals surface area contributed by atoms with Crippen molar-refractivity contribution >= 4 is 51.7 Å². The van der Waals surface area contributed by atoms with Gasteiger partial charge in [0, 0.05) is 29.6 Å². The first-order chi connectivity index (χ1) is 12.3. The minimum absolute atomic E-state index is 0.00606. The van der Waals surface area contributed by atoms with Gasteiger partial charge >= 0.3 is 5.00 Å². The highest BCUT2D eigenvalue weighted by Gasteiger charge is 2.10. The molecule has 0 aliphatic rings. The van der Waals surface area contributed by atoms with E-state index in [-0.39, 0.29) is 23.7 Å². The van der Waals surface area contributed by atoms with Crippen LogP contribution < -0.4 is 10.7 Å². The fraction of sp³-hybridized carbons (Fsp3) is 0.188. The van der Waals surface area contributed by atoms with Crippen molar-refractivity contribution < 1.29 is 14.5 Å². The number of hydrogen-bond donors (Lipinski definition) is 2. The third kappa shape index (κ3) is 5.94. The van der Waals surface area contributed by atoms with Gasteiger partial charge in [0.2, 0.25) is 11.8 Å². The summed E-state index contributed by atoms with van der Waals surface area (Å²) in [4.78, 5) is 34.2. The maximum atomic E-state index is 11.9. The van der Waals surface area contributed by atoms with Crippen molar-refractivity contribution in [3.8, 4) is 0 Å². The Kier molecular flexibility index (Phi) is 6.81. The van der Waals surface area contributed by atoms with Crippen LogP contribution in [0.4, 0.5) is 10.7 Å². The largest absolute Gasteiger partial charge is 0.326 e. The molecule has 1 aromatic heterocycles. The molecule has 0 fully saturated rings. The molecule has 0 unspecified atom stereocenters. The zero-order chi connectivity index (χ0) is 19.1. The molecule has 1 aromatic carbocycles. The summed E-state index contributed by atoms with van der Waals surface area (Å²) in [5.41, 5.74) is 3.74. The smallest absolute Gasteiger partial charge is 0.324 e. The Hall–Kier alpha value is -2.78. The number of aryl methyl sites for hydroxylation is 1. The average Bonchev–Trinajstić information content (AvgIpc) is 3.05. The van der Waals surface area contributed by atoms with Gasteiger partial charge in [-0.3, -0.25) is 19.7 Å². The SMILES string of the molecule is Cc1cc(Cl)ccc1NC(=O)CCC(=O)NN=Cc1ccc([N+](=O)[O-])s1. The second kappa shape index (κ2) is 9.07. The van der Waals surface area contributed by atoms with Crippen molar-refractivity contribution in [2.75, 3.05) is 5.32 Å². The van der Waals surface area contributed by atoms with Crippen LogP contribution in [0.2, 0.25) is 5.02 Å². The lowest BCUT2D eigenvalue weighted by atomic mass is 10.2. The van der Waals surface area contributed by atoms with Crippen LogP contribution in [0.1, 0.15) is 23.3 Å². The first-order valence-electron chi connectivity index (χ1n) is 7.47. The molecule has 0 atom stereocenters. The van der Waals surface area contributed by atoms with E-state index in [9.17, 15) is 19.7 Å². The summed E-state index contributed by atoms with van der Waals surface area (Å²) in [5, 5.41) is 17.6. The predicted octanol–water partition coefficient (Wildman–Crippen LogP) is 3.49. The molecule has 0 saturated carbocycles. The number of nitrogens with zero attached hydrogens (tertiary/aromatic N) is 2. The van der Waals surface area contributed by atoms with Crippen molar-refractivity contribution in [2.24, 2.45) is 5.10 Å². The van der Waals surface area contributed by atoms with Crippen LogP contribution in [0.5, 0.6) is 0 Å². The van der Waals surface area contributed by atoms with Gasteiger partial charge in [-0.25, -0.2) is 5.43 Å². The third-order valence-corrected chi connectivity index (χ3v) is 4.42. The summed E-state index contributed by atoms with van der Waals surface area (Å²) in [5.74, 6) is -0.737. The normalized spacial score (nSPS) is 10.7. The maximum absolute atomic E-state index is 11.9. The Morgan fingerprint density at radius 3 is 2.65 bits per heavy atom. The fourth-order valence-electron chi connectivity index (χ4n) is 1.94. The van der Waals surface area contributed by atoms with E-state index in [4.69, 9.17) is 11.6 Å². The summed E-state index contributed by atoms with van der Waals surface area (Å²) in [6.45, 7) is 1.82. The van der Waals surface area contributed by atoms with Crippen molar-refractivity contribution in [3.63, 3.8) is 0 Å². The van der Waals surface area contributed by atoms with Crippen LogP contribution in [0.3, 0.4) is 0 Å². The Morgan fingerprint density at radius 1 is 1.27 bits per heavy atom. The standard InChI is InChI=1S/C16H15ClN4O4S/c1-10-8-11(17)2-4-13(10)19-14(22)5-6-15(23)20-18-9-12-3-7-16(26-12)21(24)25/h2-4,7-9H,5-6H2,1H3,(H,19,22)(H,20,23). The Morgan fingerprint density at radius 2 is 2.00 bits per heavy atom. The second-order valence-corrected chi connectivity index (χ2v) is 6.76. The first-order valence-corrected chi connectivity index (χ1v) is 8.67. The van der Waals surface area contributed by atoms with Crippen molar-refractivity contribution in [1.82, 2.24) is 5.43 Å². The molecule has 10 heteroatoms. The van der Waals surface area contributed by atoms with Crippen LogP contribution in [0.25, 0.3) is 0 Å². The van der Waals surface area contributed by atoms with Crippen molar-refractivity contribution in [3.05, 3.63) is 55.9 Å². The number of thiophene rings is 1. The summed E-state index contributed by atoms with van der Waals surface area (Å²) < 4.78 is 0. The number of halogens is 1. The lowest BCUT2D eigenvalue weighted by Gasteiger charge is -2.08. The zero-order valence-electron chi connectivity index (χ0n) is 13.7. The highest BCUT2D eigenvalue weighted by Crippen LogP contribution is 2.22. The Balaban J connectivity index is 1.76. The number of nitrogens with one attached hydrogen (secondary N) is 2. The van der Waals surface area contributed by atoms with Crippen molar-refractivity contribution in [2.45, 2.75) is 19.8 Å². The molecule has 0 bridgehead atoms. The first kappa shape index (κ1) is 19.5. The summed E-state index contributed by atoms with van der Waals surface area (Å²) in [6.07, 6.45) is 1.26. The van der Waals surface area contributed by atoms with E-state index in [2.05, 4.69) is 15.8 Å². The number of hydrogen-bond acceptors (Lipinski definition) is 6. The molecule has 0 aliphatic carbocycles. The van der Waals surface area contributed by atoms with Crippen LogP contribution in [0.15, 0.2) is 35.4 Å². The summed E-state index contributed by atoms with van der Waals surface area (Å²) in [7, 11) is 0.